The van der Waals surface area contributed by atoms with Gasteiger partial charge in [0.25, 0.3) is 0 Å². The van der Waals surface area contributed by atoms with Gasteiger partial charge in [-0.25, -0.2) is 4.98 Å². The molecule has 4 nitrogen and oxygen atoms in total. The third kappa shape index (κ3) is 6.27. The number of carbonyl (C=O) groups is 1. The Balaban J connectivity index is 0.000000199. The minimum Gasteiger partial charge on any atom is -0.355 e. The second kappa shape index (κ2) is 10.7. The number of hydrogen-bond acceptors (Lipinski definition) is 3. The van der Waals surface area contributed by atoms with Crippen molar-refractivity contribution in [1.82, 2.24) is 4.98 Å². The van der Waals surface area contributed by atoms with E-state index in [0.29, 0.717) is 27.5 Å². The summed E-state index contributed by atoms with van der Waals surface area (Å²) in [7, 11) is 0. The van der Waals surface area contributed by atoms with Gasteiger partial charge in [-0.3, -0.25) is 4.79 Å². The lowest BCUT2D eigenvalue weighted by Gasteiger charge is -2.32. The number of piperidine rings is 1. The molecule has 1 aliphatic heterocycles. The van der Waals surface area contributed by atoms with Crippen LogP contribution in [0.25, 0.3) is 0 Å². The topological polar surface area (TPSA) is 36.4 Å². The quantitative estimate of drug-likeness (QED) is 0.565. The van der Waals surface area contributed by atoms with Crippen molar-refractivity contribution in [2.24, 2.45) is 5.92 Å². The summed E-state index contributed by atoms with van der Waals surface area (Å²) in [5, 5.41) is 1.84. The van der Waals surface area contributed by atoms with E-state index in [2.05, 4.69) is 16.8 Å². The van der Waals surface area contributed by atoms with Gasteiger partial charge in [0.15, 0.2) is 0 Å². The zero-order chi connectivity index (χ0) is 19.8. The van der Waals surface area contributed by atoms with Gasteiger partial charge < -0.3 is 9.80 Å². The second-order valence-corrected chi connectivity index (χ2v) is 7.75. The number of halogens is 3. The Morgan fingerprint density at radius 2 is 2.00 bits per heavy atom. The van der Waals surface area contributed by atoms with Crippen molar-refractivity contribution in [3.63, 3.8) is 0 Å². The Kier molecular flexibility index (Phi) is 8.68. The Labute approximate surface area is 176 Å². The van der Waals surface area contributed by atoms with Crippen molar-refractivity contribution in [2.45, 2.75) is 26.7 Å². The van der Waals surface area contributed by atoms with Gasteiger partial charge in [-0.05, 0) is 43.9 Å². The van der Waals surface area contributed by atoms with Crippen LogP contribution in [0.15, 0.2) is 36.5 Å². The Bertz CT molecular complexity index is 757. The largest absolute Gasteiger partial charge is 0.355 e. The number of para-hydroxylation sites is 1. The molecule has 7 heteroatoms. The normalized spacial score (nSPS) is 16.3. The summed E-state index contributed by atoms with van der Waals surface area (Å²) in [4.78, 5) is 18.7. The third-order valence-electron chi connectivity index (χ3n) is 4.37. The molecular formula is C20H24Cl3N3O. The van der Waals surface area contributed by atoms with Crippen LogP contribution >= 0.6 is 34.8 Å². The molecule has 0 radical (unpaired) electrons. The van der Waals surface area contributed by atoms with Crippen LogP contribution in [-0.2, 0) is 4.79 Å². The highest BCUT2D eigenvalue weighted by Gasteiger charge is 2.19. The number of amides is 1. The standard InChI is InChI=1S/C11H14Cl2N2.C9H10ClNO/c1-8-3-2-4-15(7-8)11-10(13)5-9(12)6-14-11;1-2-11(7-12)9-6-4-3-5-8(9)10/h5-6,8H,2-4,7H2,1H3;3-7H,2H2,1H3. The van der Waals surface area contributed by atoms with E-state index in [9.17, 15) is 4.79 Å². The van der Waals surface area contributed by atoms with Crippen LogP contribution in [0.4, 0.5) is 11.5 Å². The molecule has 2 heterocycles. The molecule has 146 valence electrons. The van der Waals surface area contributed by atoms with Crippen LogP contribution in [0.1, 0.15) is 26.7 Å². The lowest BCUT2D eigenvalue weighted by molar-refractivity contribution is -0.107. The summed E-state index contributed by atoms with van der Waals surface area (Å²) in [6.45, 7) is 6.87. The monoisotopic (exact) mass is 427 g/mol. The number of pyridine rings is 1. The summed E-state index contributed by atoms with van der Waals surface area (Å²) in [6.07, 6.45) is 4.94. The highest BCUT2D eigenvalue weighted by Crippen LogP contribution is 2.29. The molecule has 1 aliphatic rings. The van der Waals surface area contributed by atoms with Crippen LogP contribution in [0.3, 0.4) is 0 Å². The summed E-state index contributed by atoms with van der Waals surface area (Å²) < 4.78 is 0. The maximum atomic E-state index is 10.6. The van der Waals surface area contributed by atoms with Crippen LogP contribution in [-0.4, -0.2) is 31.0 Å². The van der Waals surface area contributed by atoms with Gasteiger partial charge in [0.05, 0.1) is 20.8 Å². The fraction of sp³-hybridized carbons (Fsp3) is 0.400. The maximum absolute atomic E-state index is 10.6. The van der Waals surface area contributed by atoms with E-state index in [4.69, 9.17) is 34.8 Å². The fourth-order valence-corrected chi connectivity index (χ4v) is 3.75. The van der Waals surface area contributed by atoms with Crippen molar-refractivity contribution in [3.8, 4) is 0 Å². The number of aromatic nitrogens is 1. The molecule has 2 aromatic rings. The fourth-order valence-electron chi connectivity index (χ4n) is 3.01. The molecule has 0 bridgehead atoms. The number of carbonyl (C=O) groups excluding carboxylic acids is 1. The maximum Gasteiger partial charge on any atom is 0.214 e. The lowest BCUT2D eigenvalue weighted by atomic mass is 10.0. The van der Waals surface area contributed by atoms with Gasteiger partial charge in [-0.1, -0.05) is 53.9 Å². The molecule has 0 saturated carbocycles. The molecule has 1 atom stereocenters. The van der Waals surface area contributed by atoms with Gasteiger partial charge in [0, 0.05) is 25.8 Å². The van der Waals surface area contributed by atoms with Crippen molar-refractivity contribution < 1.29 is 4.79 Å². The summed E-state index contributed by atoms with van der Waals surface area (Å²) in [5.41, 5.74) is 0.761. The van der Waals surface area contributed by atoms with Gasteiger partial charge >= 0.3 is 0 Å². The van der Waals surface area contributed by atoms with E-state index >= 15 is 0 Å². The predicted molar refractivity (Wildman–Crippen MR) is 115 cm³/mol. The first kappa shape index (κ1) is 21.8. The van der Waals surface area contributed by atoms with Gasteiger partial charge in [-0.2, -0.15) is 0 Å². The highest BCUT2D eigenvalue weighted by molar-refractivity contribution is 6.36. The Morgan fingerprint density at radius 3 is 2.59 bits per heavy atom. The minimum absolute atomic E-state index is 0.591. The molecule has 1 amide bonds. The van der Waals surface area contributed by atoms with Crippen molar-refractivity contribution >= 4 is 52.7 Å². The Hall–Kier alpha value is -1.49. The lowest BCUT2D eigenvalue weighted by Crippen LogP contribution is -2.34. The zero-order valence-electron chi connectivity index (χ0n) is 15.5. The summed E-state index contributed by atoms with van der Waals surface area (Å²) >= 11 is 17.8. The smallest absolute Gasteiger partial charge is 0.214 e. The average molecular weight is 429 g/mol. The second-order valence-electron chi connectivity index (χ2n) is 6.50. The molecule has 0 N–H and O–H groups in total. The van der Waals surface area contributed by atoms with Gasteiger partial charge in [0.2, 0.25) is 6.41 Å². The minimum atomic E-state index is 0.591. The van der Waals surface area contributed by atoms with Crippen LogP contribution < -0.4 is 9.80 Å². The third-order valence-corrected chi connectivity index (χ3v) is 5.18. The summed E-state index contributed by atoms with van der Waals surface area (Å²) in [6, 6.07) is 9.03. The van der Waals surface area contributed by atoms with E-state index in [1.807, 2.05) is 25.1 Å². The average Bonchev–Trinajstić information content (AvgIpc) is 2.65. The molecule has 27 heavy (non-hydrogen) atoms. The zero-order valence-corrected chi connectivity index (χ0v) is 17.8. The van der Waals surface area contributed by atoms with Crippen LogP contribution in [0, 0.1) is 5.92 Å². The van der Waals surface area contributed by atoms with E-state index in [1.165, 1.54) is 12.8 Å². The van der Waals surface area contributed by atoms with E-state index < -0.39 is 0 Å². The first-order valence-corrected chi connectivity index (χ1v) is 10.1. The molecule has 1 unspecified atom stereocenters. The first-order valence-electron chi connectivity index (χ1n) is 8.98. The van der Waals surface area contributed by atoms with Crippen molar-refractivity contribution in [1.29, 1.82) is 0 Å². The molecule has 1 aromatic heterocycles. The highest BCUT2D eigenvalue weighted by atomic mass is 35.5. The van der Waals surface area contributed by atoms with E-state index in [1.54, 1.807) is 23.2 Å². The predicted octanol–water partition coefficient (Wildman–Crippen LogP) is 5.95. The van der Waals surface area contributed by atoms with Crippen LogP contribution in [0.5, 0.6) is 0 Å². The van der Waals surface area contributed by atoms with E-state index in [-0.39, 0.29) is 0 Å². The molecular weight excluding hydrogens is 405 g/mol. The molecule has 0 aliphatic carbocycles. The molecule has 1 fully saturated rings. The van der Waals surface area contributed by atoms with Gasteiger partial charge in [0.1, 0.15) is 5.82 Å². The number of hydrogen-bond donors (Lipinski definition) is 0. The number of nitrogens with zero attached hydrogens (tertiary/aromatic N) is 3. The number of rotatable bonds is 4. The SMILES string of the molecule is CC1CCCN(c2ncc(Cl)cc2Cl)C1.CCN(C=O)c1ccccc1Cl. The first-order chi connectivity index (χ1) is 13.0. The Morgan fingerprint density at radius 1 is 1.26 bits per heavy atom. The summed E-state index contributed by atoms with van der Waals surface area (Å²) in [5.74, 6) is 1.58. The van der Waals surface area contributed by atoms with Crippen molar-refractivity contribution in [3.05, 3.63) is 51.6 Å². The van der Waals surface area contributed by atoms with Crippen LogP contribution in [0.2, 0.25) is 15.1 Å². The van der Waals surface area contributed by atoms with Gasteiger partial charge in [-0.15, -0.1) is 0 Å². The molecule has 3 rings (SSSR count). The number of anilines is 2. The molecule has 1 saturated heterocycles. The van der Waals surface area contributed by atoms with Crippen molar-refractivity contribution in [2.75, 3.05) is 29.4 Å². The molecule has 1 aromatic carbocycles. The molecule has 0 spiro atoms. The van der Waals surface area contributed by atoms with E-state index in [0.717, 1.165) is 31.0 Å². The number of benzene rings is 1.